The third-order valence-corrected chi connectivity index (χ3v) is 2.78. The topological polar surface area (TPSA) is 60.8 Å². The minimum absolute atomic E-state index is 0.116. The van der Waals surface area contributed by atoms with Crippen LogP contribution in [0.1, 0.15) is 32.1 Å². The maximum Gasteiger partial charge on any atom is 0.317 e. The van der Waals surface area contributed by atoms with Crippen molar-refractivity contribution in [1.29, 1.82) is 0 Å². The summed E-state index contributed by atoms with van der Waals surface area (Å²) in [6.45, 7) is 0.959. The van der Waals surface area contributed by atoms with E-state index in [0.717, 1.165) is 12.8 Å². The summed E-state index contributed by atoms with van der Waals surface area (Å²) < 4.78 is 0. The van der Waals surface area contributed by atoms with Crippen LogP contribution in [-0.2, 0) is 4.79 Å². The van der Waals surface area contributed by atoms with Gasteiger partial charge in [-0.3, -0.25) is 9.69 Å². The molecule has 1 saturated carbocycles. The Bertz CT molecular complexity index is 178. The van der Waals surface area contributed by atoms with Gasteiger partial charge in [0.15, 0.2) is 0 Å². The molecule has 0 spiro atoms. The Morgan fingerprint density at radius 3 is 2.50 bits per heavy atom. The molecular formula is C10H19NO3. The van der Waals surface area contributed by atoms with Crippen LogP contribution in [0, 0.1) is 0 Å². The first-order chi connectivity index (χ1) is 6.74. The maximum atomic E-state index is 10.6. The van der Waals surface area contributed by atoms with Crippen molar-refractivity contribution >= 4 is 5.97 Å². The van der Waals surface area contributed by atoms with Crippen LogP contribution >= 0.6 is 0 Å². The summed E-state index contributed by atoms with van der Waals surface area (Å²) in [5.41, 5.74) is 0. The minimum atomic E-state index is -0.769. The van der Waals surface area contributed by atoms with Crippen molar-refractivity contribution in [1.82, 2.24) is 4.90 Å². The van der Waals surface area contributed by atoms with Gasteiger partial charge in [0.25, 0.3) is 0 Å². The number of aliphatic carboxylic acids is 1. The van der Waals surface area contributed by atoms with Gasteiger partial charge in [-0.05, 0) is 19.3 Å². The number of hydrogen-bond donors (Lipinski definition) is 2. The lowest BCUT2D eigenvalue weighted by atomic mass is 10.2. The van der Waals surface area contributed by atoms with Crippen molar-refractivity contribution in [3.8, 4) is 0 Å². The molecule has 1 aliphatic rings. The van der Waals surface area contributed by atoms with Crippen LogP contribution in [0.2, 0.25) is 0 Å². The van der Waals surface area contributed by atoms with Crippen LogP contribution in [-0.4, -0.2) is 46.8 Å². The van der Waals surface area contributed by atoms with Gasteiger partial charge in [0.05, 0.1) is 6.54 Å². The Morgan fingerprint density at radius 2 is 2.00 bits per heavy atom. The van der Waals surface area contributed by atoms with Gasteiger partial charge in [-0.1, -0.05) is 12.8 Å². The van der Waals surface area contributed by atoms with Crippen molar-refractivity contribution in [2.45, 2.75) is 38.1 Å². The normalized spacial score (nSPS) is 17.9. The van der Waals surface area contributed by atoms with Crippen molar-refractivity contribution in [3.05, 3.63) is 0 Å². The molecule has 0 bridgehead atoms. The summed E-state index contributed by atoms with van der Waals surface area (Å²) in [7, 11) is 0. The molecule has 0 radical (unpaired) electrons. The molecule has 0 aliphatic heterocycles. The molecule has 0 amide bonds. The number of aliphatic hydroxyl groups is 1. The van der Waals surface area contributed by atoms with Crippen molar-refractivity contribution in [2.75, 3.05) is 19.7 Å². The van der Waals surface area contributed by atoms with Gasteiger partial charge >= 0.3 is 5.97 Å². The predicted molar refractivity (Wildman–Crippen MR) is 53.2 cm³/mol. The molecule has 0 unspecified atom stereocenters. The monoisotopic (exact) mass is 201 g/mol. The van der Waals surface area contributed by atoms with E-state index in [-0.39, 0.29) is 13.2 Å². The Kier molecular flexibility index (Phi) is 4.90. The Hall–Kier alpha value is -0.610. The highest BCUT2D eigenvalue weighted by Crippen LogP contribution is 2.23. The number of carboxylic acid groups (broad SMARTS) is 1. The standard InChI is InChI=1S/C10H19NO3/c12-7-3-6-11(8-10(13)14)9-4-1-2-5-9/h9,12H,1-8H2,(H,13,14). The summed E-state index contributed by atoms with van der Waals surface area (Å²) in [5.74, 6) is -0.769. The van der Waals surface area contributed by atoms with Crippen LogP contribution in [0.4, 0.5) is 0 Å². The first kappa shape index (κ1) is 11.5. The van der Waals surface area contributed by atoms with Crippen molar-refractivity contribution in [3.63, 3.8) is 0 Å². The fourth-order valence-electron chi connectivity index (χ4n) is 2.11. The SMILES string of the molecule is O=C(O)CN(CCCO)C1CCCC1. The number of carbonyl (C=O) groups is 1. The summed E-state index contributed by atoms with van der Waals surface area (Å²) in [6.07, 6.45) is 5.31. The third-order valence-electron chi connectivity index (χ3n) is 2.78. The average molecular weight is 201 g/mol. The van der Waals surface area contributed by atoms with Crippen molar-refractivity contribution in [2.24, 2.45) is 0 Å². The van der Waals surface area contributed by atoms with Crippen LogP contribution < -0.4 is 0 Å². The van der Waals surface area contributed by atoms with Gasteiger partial charge < -0.3 is 10.2 Å². The van der Waals surface area contributed by atoms with Crippen LogP contribution in [0.15, 0.2) is 0 Å². The lowest BCUT2D eigenvalue weighted by Crippen LogP contribution is -2.38. The molecule has 0 aromatic heterocycles. The zero-order valence-electron chi connectivity index (χ0n) is 8.48. The largest absolute Gasteiger partial charge is 0.480 e. The van der Waals surface area contributed by atoms with Gasteiger partial charge in [-0.15, -0.1) is 0 Å². The van der Waals surface area contributed by atoms with E-state index in [1.807, 2.05) is 4.90 Å². The van der Waals surface area contributed by atoms with Gasteiger partial charge in [-0.2, -0.15) is 0 Å². The molecule has 82 valence electrons. The Morgan fingerprint density at radius 1 is 1.36 bits per heavy atom. The van der Waals surface area contributed by atoms with E-state index < -0.39 is 5.97 Å². The first-order valence-corrected chi connectivity index (χ1v) is 5.30. The third kappa shape index (κ3) is 3.64. The molecule has 4 nitrogen and oxygen atoms in total. The van der Waals surface area contributed by atoms with Gasteiger partial charge in [0.2, 0.25) is 0 Å². The molecule has 2 N–H and O–H groups in total. The van der Waals surface area contributed by atoms with E-state index in [0.29, 0.717) is 19.0 Å². The molecule has 1 rings (SSSR count). The molecule has 1 fully saturated rings. The Balaban J connectivity index is 2.37. The highest BCUT2D eigenvalue weighted by atomic mass is 16.4. The van der Waals surface area contributed by atoms with Crippen LogP contribution in [0.25, 0.3) is 0 Å². The van der Waals surface area contributed by atoms with Gasteiger partial charge in [0.1, 0.15) is 0 Å². The summed E-state index contributed by atoms with van der Waals surface area (Å²) in [5, 5.41) is 17.5. The molecule has 4 heteroatoms. The zero-order chi connectivity index (χ0) is 10.4. The second-order valence-electron chi connectivity index (χ2n) is 3.88. The molecule has 14 heavy (non-hydrogen) atoms. The predicted octanol–water partition coefficient (Wildman–Crippen LogP) is 0.698. The zero-order valence-corrected chi connectivity index (χ0v) is 8.48. The van der Waals surface area contributed by atoms with E-state index in [4.69, 9.17) is 10.2 Å². The second kappa shape index (κ2) is 5.98. The molecule has 1 aliphatic carbocycles. The van der Waals surface area contributed by atoms with Crippen molar-refractivity contribution < 1.29 is 15.0 Å². The maximum absolute atomic E-state index is 10.6. The number of nitrogens with zero attached hydrogens (tertiary/aromatic N) is 1. The highest BCUT2D eigenvalue weighted by Gasteiger charge is 2.23. The lowest BCUT2D eigenvalue weighted by Gasteiger charge is -2.26. The van der Waals surface area contributed by atoms with E-state index in [2.05, 4.69) is 0 Å². The lowest BCUT2D eigenvalue weighted by molar-refractivity contribution is -0.139. The minimum Gasteiger partial charge on any atom is -0.480 e. The quantitative estimate of drug-likeness (QED) is 0.664. The number of carboxylic acids is 1. The summed E-state index contributed by atoms with van der Waals surface area (Å²) in [4.78, 5) is 12.6. The van der Waals surface area contributed by atoms with E-state index in [9.17, 15) is 4.79 Å². The fraction of sp³-hybridized carbons (Fsp3) is 0.900. The van der Waals surface area contributed by atoms with Gasteiger partial charge in [0, 0.05) is 19.2 Å². The van der Waals surface area contributed by atoms with E-state index in [1.165, 1.54) is 12.8 Å². The summed E-state index contributed by atoms with van der Waals surface area (Å²) >= 11 is 0. The molecule has 0 heterocycles. The highest BCUT2D eigenvalue weighted by molar-refractivity contribution is 5.69. The number of aliphatic hydroxyl groups excluding tert-OH is 1. The smallest absolute Gasteiger partial charge is 0.317 e. The fourth-order valence-corrected chi connectivity index (χ4v) is 2.11. The molecule has 0 aromatic rings. The van der Waals surface area contributed by atoms with Crippen LogP contribution in [0.5, 0.6) is 0 Å². The molecule has 0 atom stereocenters. The first-order valence-electron chi connectivity index (χ1n) is 5.30. The number of rotatable bonds is 6. The van der Waals surface area contributed by atoms with E-state index >= 15 is 0 Å². The second-order valence-corrected chi connectivity index (χ2v) is 3.88. The summed E-state index contributed by atoms with van der Waals surface area (Å²) in [6, 6.07) is 0.428. The Labute approximate surface area is 84.5 Å². The molecular weight excluding hydrogens is 182 g/mol. The molecule has 0 aromatic carbocycles. The molecule has 0 saturated heterocycles. The van der Waals surface area contributed by atoms with Crippen LogP contribution in [0.3, 0.4) is 0 Å². The van der Waals surface area contributed by atoms with Gasteiger partial charge in [-0.25, -0.2) is 0 Å². The average Bonchev–Trinajstić information content (AvgIpc) is 2.64. The number of hydrogen-bond acceptors (Lipinski definition) is 3. The van der Waals surface area contributed by atoms with E-state index in [1.54, 1.807) is 0 Å².